The van der Waals surface area contributed by atoms with Gasteiger partial charge in [0, 0.05) is 18.6 Å². The van der Waals surface area contributed by atoms with Crippen molar-refractivity contribution in [1.29, 1.82) is 0 Å². The first-order valence-corrected chi connectivity index (χ1v) is 9.35. The van der Waals surface area contributed by atoms with Crippen molar-refractivity contribution in [2.75, 3.05) is 12.7 Å². The van der Waals surface area contributed by atoms with Crippen LogP contribution in [0.4, 0.5) is 0 Å². The summed E-state index contributed by atoms with van der Waals surface area (Å²) in [6.07, 6.45) is 6.14. The molecule has 2 rings (SSSR count). The summed E-state index contributed by atoms with van der Waals surface area (Å²) in [6.45, 7) is 7.79. The van der Waals surface area contributed by atoms with E-state index < -0.39 is 18.7 Å². The van der Waals surface area contributed by atoms with Crippen LogP contribution in [-0.4, -0.2) is 46.1 Å². The summed E-state index contributed by atoms with van der Waals surface area (Å²) in [7, 11) is -3.58. The maximum Gasteiger partial charge on any atom is 0.243 e. The second-order valence-corrected chi connectivity index (χ2v) is 8.61. The average molecular weight is 326 g/mol. The number of hydrogen-bond acceptors (Lipinski definition) is 3. The van der Waals surface area contributed by atoms with Crippen LogP contribution in [0.3, 0.4) is 0 Å². The van der Waals surface area contributed by atoms with Gasteiger partial charge in [-0.2, -0.15) is 0 Å². The molecule has 0 radical (unpaired) electrons. The van der Waals surface area contributed by atoms with Gasteiger partial charge in [-0.15, -0.1) is 13.2 Å². The second-order valence-electron chi connectivity index (χ2n) is 5.96. The molecule has 0 spiro atoms. The Balaban J connectivity index is 2.14. The van der Waals surface area contributed by atoms with E-state index in [-0.39, 0.29) is 18.0 Å². The summed E-state index contributed by atoms with van der Waals surface area (Å²) in [5, 5.41) is 1.65. The second kappa shape index (κ2) is 6.39. The van der Waals surface area contributed by atoms with Crippen molar-refractivity contribution < 1.29 is 19.0 Å². The number of likely N-dealkylation sites (tertiary alicyclic amines) is 1. The van der Waals surface area contributed by atoms with Gasteiger partial charge in [-0.1, -0.05) is 12.2 Å². The summed E-state index contributed by atoms with van der Waals surface area (Å²) in [5.74, 6) is -0.551. The number of nitrogens with zero attached hydrogens (tertiary/aromatic N) is 1. The van der Waals surface area contributed by atoms with E-state index in [9.17, 15) is 19.0 Å². The molecule has 22 heavy (non-hydrogen) atoms. The van der Waals surface area contributed by atoms with E-state index in [0.29, 0.717) is 32.2 Å². The maximum absolute atomic E-state index is 12.7. The summed E-state index contributed by atoms with van der Waals surface area (Å²) in [4.78, 5) is 35.3. The Morgan fingerprint density at radius 2 is 2.23 bits per heavy atom. The number of amides is 2. The lowest BCUT2D eigenvalue weighted by Crippen LogP contribution is -2.48. The Labute approximate surface area is 130 Å². The molecule has 2 amide bonds. The normalized spacial score (nSPS) is 32.9. The van der Waals surface area contributed by atoms with Crippen LogP contribution in [0.2, 0.25) is 0 Å². The lowest BCUT2D eigenvalue weighted by atomic mass is 10.2. The Kier molecular flexibility index (Phi) is 4.93. The molecule has 1 saturated heterocycles. The van der Waals surface area contributed by atoms with Gasteiger partial charge in [0.2, 0.25) is 19.7 Å². The molecule has 2 fully saturated rings. The number of rotatable bonds is 8. The van der Waals surface area contributed by atoms with Crippen LogP contribution in [0.15, 0.2) is 25.3 Å². The highest BCUT2D eigenvalue weighted by atomic mass is 31.2. The fourth-order valence-electron chi connectivity index (χ4n) is 3.15. The minimum Gasteiger partial charge on any atom is -0.343 e. The molecule has 1 saturated carbocycles. The first-order chi connectivity index (χ1) is 10.4. The van der Waals surface area contributed by atoms with E-state index >= 15 is 0 Å². The first-order valence-electron chi connectivity index (χ1n) is 7.50. The highest BCUT2D eigenvalue weighted by molar-refractivity contribution is 7.60. The van der Waals surface area contributed by atoms with Crippen LogP contribution < -0.4 is 5.32 Å². The van der Waals surface area contributed by atoms with Crippen molar-refractivity contribution in [3.8, 4) is 0 Å². The van der Waals surface area contributed by atoms with Gasteiger partial charge < -0.3 is 15.1 Å². The number of nitrogens with one attached hydrogen (secondary N) is 1. The van der Waals surface area contributed by atoms with Crippen molar-refractivity contribution in [1.82, 2.24) is 10.2 Å². The summed E-state index contributed by atoms with van der Waals surface area (Å²) in [5.41, 5.74) is 0. The predicted molar refractivity (Wildman–Crippen MR) is 84.5 cm³/mol. The van der Waals surface area contributed by atoms with E-state index in [1.807, 2.05) is 0 Å². The van der Waals surface area contributed by atoms with E-state index in [4.69, 9.17) is 0 Å². The Morgan fingerprint density at radius 3 is 2.77 bits per heavy atom. The fourth-order valence-corrected chi connectivity index (χ4v) is 5.47. The summed E-state index contributed by atoms with van der Waals surface area (Å²) in [6, 6.07) is -0.542. The first kappa shape index (κ1) is 17.0. The van der Waals surface area contributed by atoms with Crippen molar-refractivity contribution in [2.24, 2.45) is 5.92 Å². The molecule has 1 aliphatic heterocycles. The molecule has 1 heterocycles. The number of carbonyl (C=O) groups is 2. The number of hydrogen-bond donors (Lipinski definition) is 2. The molecule has 2 N–H and O–H groups in total. The number of allylic oxidation sites excluding steroid dienone is 1. The molecule has 4 atom stereocenters. The Bertz CT molecular complexity index is 536. The fraction of sp³-hybridized carbons (Fsp3) is 0.600. The van der Waals surface area contributed by atoms with Gasteiger partial charge in [-0.05, 0) is 25.7 Å². The molecule has 122 valence electrons. The van der Waals surface area contributed by atoms with E-state index in [1.54, 1.807) is 12.2 Å². The van der Waals surface area contributed by atoms with Gasteiger partial charge in [-0.3, -0.25) is 14.2 Å². The smallest absolute Gasteiger partial charge is 0.243 e. The third-order valence-corrected chi connectivity index (χ3v) is 7.34. The third kappa shape index (κ3) is 2.90. The molecule has 0 aromatic carbocycles. The monoisotopic (exact) mass is 326 g/mol. The highest BCUT2D eigenvalue weighted by Crippen LogP contribution is 2.69. The van der Waals surface area contributed by atoms with Gasteiger partial charge >= 0.3 is 0 Å². The summed E-state index contributed by atoms with van der Waals surface area (Å²) >= 11 is 0. The van der Waals surface area contributed by atoms with E-state index in [1.165, 1.54) is 4.90 Å². The zero-order valence-corrected chi connectivity index (χ0v) is 13.5. The van der Waals surface area contributed by atoms with Gasteiger partial charge in [-0.25, -0.2) is 0 Å². The lowest BCUT2D eigenvalue weighted by Gasteiger charge is -2.28. The molecule has 0 bridgehead atoms. The zero-order chi connectivity index (χ0) is 16.4. The highest BCUT2D eigenvalue weighted by Gasteiger charge is 2.65. The third-order valence-electron chi connectivity index (χ3n) is 4.60. The van der Waals surface area contributed by atoms with Crippen LogP contribution in [0.25, 0.3) is 0 Å². The Hall–Kier alpha value is -1.39. The van der Waals surface area contributed by atoms with Crippen LogP contribution in [0, 0.1) is 5.92 Å². The molecule has 6 nitrogen and oxygen atoms in total. The van der Waals surface area contributed by atoms with Crippen LogP contribution in [0.5, 0.6) is 0 Å². The van der Waals surface area contributed by atoms with Gasteiger partial charge in [0.25, 0.3) is 0 Å². The van der Waals surface area contributed by atoms with Crippen LogP contribution in [0.1, 0.15) is 25.7 Å². The molecular formula is C15H23N2O4P. The van der Waals surface area contributed by atoms with Gasteiger partial charge in [0.05, 0.1) is 0 Å². The molecule has 2 aliphatic rings. The SMILES string of the molecule is C=CCCP(=O)(O)[C@@]1(NC(=O)[C@@H]2CCCN2C=O)C[C@H]1C=C. The molecule has 1 unspecified atom stereocenters. The van der Waals surface area contributed by atoms with Crippen LogP contribution >= 0.6 is 7.37 Å². The van der Waals surface area contributed by atoms with E-state index in [2.05, 4.69) is 18.5 Å². The largest absolute Gasteiger partial charge is 0.343 e. The van der Waals surface area contributed by atoms with Crippen LogP contribution in [-0.2, 0) is 14.2 Å². The average Bonchev–Trinajstić information content (AvgIpc) is 3.01. The molecular weight excluding hydrogens is 303 g/mol. The maximum atomic E-state index is 12.7. The van der Waals surface area contributed by atoms with Crippen molar-refractivity contribution in [3.05, 3.63) is 25.3 Å². The number of carbonyl (C=O) groups excluding carboxylic acids is 2. The molecule has 7 heteroatoms. The van der Waals surface area contributed by atoms with Gasteiger partial charge in [0.1, 0.15) is 11.3 Å². The molecule has 0 aromatic heterocycles. The standard InChI is InChI=1S/C15H23N2O4P/c1-3-5-9-22(20,21)15(10-12(15)4-2)16-14(19)13-7-6-8-17(13)11-18/h3-4,11-13H,1-2,5-10H2,(H,16,19)(H,20,21)/t12-,13+,15+/m1/s1. The van der Waals surface area contributed by atoms with Crippen molar-refractivity contribution >= 4 is 19.7 Å². The lowest BCUT2D eigenvalue weighted by molar-refractivity contribution is -0.131. The van der Waals surface area contributed by atoms with Crippen molar-refractivity contribution in [3.63, 3.8) is 0 Å². The molecule has 0 aromatic rings. The minimum absolute atomic E-state index is 0.0865. The zero-order valence-electron chi connectivity index (χ0n) is 12.6. The quantitative estimate of drug-likeness (QED) is 0.402. The van der Waals surface area contributed by atoms with Gasteiger partial charge in [0.15, 0.2) is 0 Å². The Morgan fingerprint density at radius 1 is 1.50 bits per heavy atom. The molecule has 1 aliphatic carbocycles. The van der Waals surface area contributed by atoms with E-state index in [0.717, 1.165) is 6.42 Å². The topological polar surface area (TPSA) is 86.7 Å². The minimum atomic E-state index is -3.58. The predicted octanol–water partition coefficient (Wildman–Crippen LogP) is 1.47. The van der Waals surface area contributed by atoms with Crippen molar-refractivity contribution in [2.45, 2.75) is 37.0 Å². The summed E-state index contributed by atoms with van der Waals surface area (Å²) < 4.78 is 12.7.